The fourth-order valence-electron chi connectivity index (χ4n) is 1.81. The van der Waals surface area contributed by atoms with Gasteiger partial charge in [-0.1, -0.05) is 58.6 Å². The van der Waals surface area contributed by atoms with Gasteiger partial charge in [0.15, 0.2) is 0 Å². The highest BCUT2D eigenvalue weighted by atomic mass is 16.1. The van der Waals surface area contributed by atoms with Crippen molar-refractivity contribution in [3.05, 3.63) is 11.9 Å². The number of rotatable bonds is 11. The SMILES string of the molecule is CC(C)(C)C.[B]Cc1cn(CCCCCCCCNC=O)nn1. The van der Waals surface area contributed by atoms with Crippen molar-refractivity contribution < 1.29 is 4.79 Å². The van der Waals surface area contributed by atoms with Gasteiger partial charge in [-0.25, -0.2) is 0 Å². The first-order chi connectivity index (χ1) is 10.9. The number of hydrogen-bond acceptors (Lipinski definition) is 3. The summed E-state index contributed by atoms with van der Waals surface area (Å²) in [6.07, 6.45) is 10.2. The molecular weight excluding hydrogens is 287 g/mol. The number of carbonyl (C=O) groups is 1. The summed E-state index contributed by atoms with van der Waals surface area (Å²) in [4.78, 5) is 10.0. The van der Waals surface area contributed by atoms with Crippen molar-refractivity contribution in [2.24, 2.45) is 5.41 Å². The first kappa shape index (κ1) is 21.7. The highest BCUT2D eigenvalue weighted by Crippen LogP contribution is 2.08. The van der Waals surface area contributed by atoms with Gasteiger partial charge in [0, 0.05) is 19.3 Å². The van der Waals surface area contributed by atoms with Crippen molar-refractivity contribution in [1.29, 1.82) is 0 Å². The summed E-state index contributed by atoms with van der Waals surface area (Å²) >= 11 is 0. The molecule has 0 saturated carbocycles. The topological polar surface area (TPSA) is 59.8 Å². The molecule has 1 rings (SSSR count). The number of unbranched alkanes of at least 4 members (excludes halogenated alkanes) is 5. The second-order valence-electron chi connectivity index (χ2n) is 7.37. The molecule has 2 radical (unpaired) electrons. The van der Waals surface area contributed by atoms with Gasteiger partial charge >= 0.3 is 0 Å². The molecule has 0 atom stereocenters. The minimum absolute atomic E-state index is 0.453. The van der Waals surface area contributed by atoms with Gasteiger partial charge in [-0.3, -0.25) is 9.48 Å². The van der Waals surface area contributed by atoms with Gasteiger partial charge in [-0.2, -0.15) is 0 Å². The van der Waals surface area contributed by atoms with Crippen LogP contribution in [0.4, 0.5) is 0 Å². The average Bonchev–Trinajstić information content (AvgIpc) is 2.92. The number of aryl methyl sites for hydroxylation is 1. The molecule has 5 nitrogen and oxygen atoms in total. The molecule has 0 aliphatic carbocycles. The van der Waals surface area contributed by atoms with Gasteiger partial charge in [-0.05, 0) is 24.6 Å². The van der Waals surface area contributed by atoms with Gasteiger partial charge < -0.3 is 5.32 Å². The average molecular weight is 320 g/mol. The van der Waals surface area contributed by atoms with Crippen LogP contribution in [0.15, 0.2) is 6.20 Å². The minimum Gasteiger partial charge on any atom is -0.359 e. The second-order valence-corrected chi connectivity index (χ2v) is 7.37. The quantitative estimate of drug-likeness (QED) is 0.387. The third kappa shape index (κ3) is 16.9. The molecule has 0 aliphatic rings. The predicted octanol–water partition coefficient (Wildman–Crippen LogP) is 3.09. The van der Waals surface area contributed by atoms with Gasteiger partial charge in [0.2, 0.25) is 6.41 Å². The van der Waals surface area contributed by atoms with E-state index in [0.717, 1.165) is 38.0 Å². The molecule has 23 heavy (non-hydrogen) atoms. The molecule has 0 saturated heterocycles. The maximum absolute atomic E-state index is 10.0. The lowest BCUT2D eigenvalue weighted by atomic mass is 10.0. The molecule has 1 heterocycles. The molecule has 1 N–H and O–H groups in total. The number of carbonyl (C=O) groups excluding carboxylic acids is 1. The number of amides is 1. The van der Waals surface area contributed by atoms with Gasteiger partial charge in [0.05, 0.1) is 13.5 Å². The number of nitrogens with one attached hydrogen (secondary N) is 1. The van der Waals surface area contributed by atoms with E-state index in [9.17, 15) is 4.79 Å². The zero-order valence-electron chi connectivity index (χ0n) is 15.3. The lowest BCUT2D eigenvalue weighted by Crippen LogP contribution is -2.11. The van der Waals surface area contributed by atoms with Crippen molar-refractivity contribution >= 4 is 14.3 Å². The van der Waals surface area contributed by atoms with Crippen LogP contribution in [0.2, 0.25) is 0 Å². The van der Waals surface area contributed by atoms with E-state index in [2.05, 4.69) is 43.3 Å². The van der Waals surface area contributed by atoms with E-state index in [0.29, 0.717) is 11.7 Å². The van der Waals surface area contributed by atoms with E-state index in [1.807, 2.05) is 10.9 Å². The molecule has 0 bridgehead atoms. The van der Waals surface area contributed by atoms with Crippen LogP contribution >= 0.6 is 0 Å². The molecule has 0 fully saturated rings. The van der Waals surface area contributed by atoms with Crippen molar-refractivity contribution in [3.63, 3.8) is 0 Å². The summed E-state index contributed by atoms with van der Waals surface area (Å²) in [5.41, 5.74) is 1.35. The second kappa shape index (κ2) is 13.1. The molecule has 1 aromatic heterocycles. The lowest BCUT2D eigenvalue weighted by Gasteiger charge is -2.05. The van der Waals surface area contributed by atoms with E-state index in [4.69, 9.17) is 7.85 Å². The first-order valence-electron chi connectivity index (χ1n) is 8.63. The monoisotopic (exact) mass is 320 g/mol. The van der Waals surface area contributed by atoms with Crippen LogP contribution in [0.5, 0.6) is 0 Å². The zero-order valence-corrected chi connectivity index (χ0v) is 15.3. The third-order valence-corrected chi connectivity index (χ3v) is 2.84. The summed E-state index contributed by atoms with van der Waals surface area (Å²) in [5, 5.41) is 10.6. The zero-order chi connectivity index (χ0) is 17.6. The van der Waals surface area contributed by atoms with E-state index >= 15 is 0 Å². The molecular formula is C17H33BN4O. The van der Waals surface area contributed by atoms with Crippen molar-refractivity contribution in [2.45, 2.75) is 79.1 Å². The Labute approximate surface area is 143 Å². The normalized spacial score (nSPS) is 10.8. The number of aromatic nitrogens is 3. The highest BCUT2D eigenvalue weighted by Gasteiger charge is 1.98. The van der Waals surface area contributed by atoms with Crippen LogP contribution < -0.4 is 5.32 Å². The summed E-state index contributed by atoms with van der Waals surface area (Å²) < 4.78 is 1.86. The summed E-state index contributed by atoms with van der Waals surface area (Å²) in [6.45, 7) is 10.5. The molecule has 6 heteroatoms. The third-order valence-electron chi connectivity index (χ3n) is 2.84. The number of hydrogen-bond donors (Lipinski definition) is 1. The maximum Gasteiger partial charge on any atom is 0.207 e. The Morgan fingerprint density at radius 1 is 1.13 bits per heavy atom. The fraction of sp³-hybridized carbons (Fsp3) is 0.824. The van der Waals surface area contributed by atoms with E-state index in [-0.39, 0.29) is 0 Å². The maximum atomic E-state index is 10.0. The molecule has 0 aromatic carbocycles. The Kier molecular flexibility index (Phi) is 12.4. The Morgan fingerprint density at radius 2 is 1.70 bits per heavy atom. The van der Waals surface area contributed by atoms with Gasteiger partial charge in [0.25, 0.3) is 0 Å². The lowest BCUT2D eigenvalue weighted by molar-refractivity contribution is -0.109. The Bertz CT molecular complexity index is 396. The largest absolute Gasteiger partial charge is 0.359 e. The van der Waals surface area contributed by atoms with Crippen molar-refractivity contribution in [3.8, 4) is 0 Å². The summed E-state index contributed by atoms with van der Waals surface area (Å²) in [6, 6.07) is 0. The van der Waals surface area contributed by atoms with E-state index < -0.39 is 0 Å². The van der Waals surface area contributed by atoms with Crippen LogP contribution in [0.1, 0.15) is 71.9 Å². The standard InChI is InChI=1S/C12H21BN4O.C5H12/c13-9-12-10-17(16-15-12)8-6-4-2-1-3-5-7-14-11-18;1-5(2,3)4/h10-11H,1-9H2,(H,14,18);1-4H3. The summed E-state index contributed by atoms with van der Waals surface area (Å²) in [5.74, 6) is 0. The summed E-state index contributed by atoms with van der Waals surface area (Å²) in [7, 11) is 5.46. The van der Waals surface area contributed by atoms with E-state index in [1.54, 1.807) is 0 Å². The smallest absolute Gasteiger partial charge is 0.207 e. The Morgan fingerprint density at radius 3 is 2.22 bits per heavy atom. The van der Waals surface area contributed by atoms with E-state index in [1.165, 1.54) is 25.7 Å². The molecule has 130 valence electrons. The highest BCUT2D eigenvalue weighted by molar-refractivity contribution is 6.08. The molecule has 0 spiro atoms. The van der Waals surface area contributed by atoms with Crippen LogP contribution in [0.25, 0.3) is 0 Å². The Balaban J connectivity index is 0.000000841. The van der Waals surface area contributed by atoms with Crippen LogP contribution in [0, 0.1) is 5.41 Å². The fourth-order valence-corrected chi connectivity index (χ4v) is 1.81. The molecule has 1 aromatic rings. The van der Waals surface area contributed by atoms with Crippen molar-refractivity contribution in [2.75, 3.05) is 6.54 Å². The molecule has 0 aliphatic heterocycles. The van der Waals surface area contributed by atoms with Crippen LogP contribution in [-0.4, -0.2) is 35.8 Å². The van der Waals surface area contributed by atoms with Crippen LogP contribution in [-0.2, 0) is 17.7 Å². The Hall–Kier alpha value is -1.33. The van der Waals surface area contributed by atoms with Crippen LogP contribution in [0.3, 0.4) is 0 Å². The van der Waals surface area contributed by atoms with Gasteiger partial charge in [-0.15, -0.1) is 5.10 Å². The predicted molar refractivity (Wildman–Crippen MR) is 96.4 cm³/mol. The van der Waals surface area contributed by atoms with Gasteiger partial charge in [0.1, 0.15) is 0 Å². The van der Waals surface area contributed by atoms with Crippen molar-refractivity contribution in [1.82, 2.24) is 20.3 Å². The minimum atomic E-state index is 0.453. The first-order valence-corrected chi connectivity index (χ1v) is 8.63. The molecule has 0 unspecified atom stereocenters. The number of nitrogens with zero attached hydrogens (tertiary/aromatic N) is 3. The molecule has 1 amide bonds.